The number of aliphatic hydroxyl groups excluding tert-OH is 1. The van der Waals surface area contributed by atoms with Gasteiger partial charge in [-0.25, -0.2) is 4.99 Å². The molecule has 0 spiro atoms. The lowest BCUT2D eigenvalue weighted by atomic mass is 10.1. The van der Waals surface area contributed by atoms with Crippen LogP contribution in [-0.2, 0) is 6.54 Å². The van der Waals surface area contributed by atoms with E-state index in [1.807, 2.05) is 12.1 Å². The van der Waals surface area contributed by atoms with Crippen molar-refractivity contribution in [2.75, 3.05) is 54.1 Å². The van der Waals surface area contributed by atoms with Crippen molar-refractivity contribution < 1.29 is 19.3 Å². The highest BCUT2D eigenvalue weighted by molar-refractivity contribution is 14.0. The van der Waals surface area contributed by atoms with Crippen molar-refractivity contribution in [1.29, 1.82) is 0 Å². The highest BCUT2D eigenvalue weighted by Crippen LogP contribution is 2.38. The number of guanidine groups is 1. The summed E-state index contributed by atoms with van der Waals surface area (Å²) in [6.07, 6.45) is 2.68. The maximum atomic E-state index is 9.59. The number of halogens is 1. The van der Waals surface area contributed by atoms with E-state index >= 15 is 0 Å². The van der Waals surface area contributed by atoms with Crippen molar-refractivity contribution in [1.82, 2.24) is 15.5 Å². The standard InChI is InChI=1S/C21H36N4O4.HI/c1-5-22-21(23-9-6-10-25-11-7-17(26)8-12-25)24-15-16-13-18(27-2)20(29-4)19(14-16)28-3;/h13-14,17,26H,5-12,15H2,1-4H3,(H2,22,23,24);1H. The van der Waals surface area contributed by atoms with Crippen LogP contribution in [0.15, 0.2) is 17.1 Å². The molecule has 1 saturated heterocycles. The molecule has 0 aromatic heterocycles. The summed E-state index contributed by atoms with van der Waals surface area (Å²) in [5, 5.41) is 16.3. The van der Waals surface area contributed by atoms with Gasteiger partial charge in [0, 0.05) is 26.2 Å². The lowest BCUT2D eigenvalue weighted by molar-refractivity contribution is 0.0823. The summed E-state index contributed by atoms with van der Waals surface area (Å²) in [7, 11) is 4.81. The lowest BCUT2D eigenvalue weighted by Crippen LogP contribution is -2.40. The van der Waals surface area contributed by atoms with Crippen LogP contribution in [0.4, 0.5) is 0 Å². The molecular weight excluding hydrogens is 499 g/mol. The van der Waals surface area contributed by atoms with Crippen LogP contribution in [0, 0.1) is 0 Å². The largest absolute Gasteiger partial charge is 0.493 e. The monoisotopic (exact) mass is 536 g/mol. The van der Waals surface area contributed by atoms with Gasteiger partial charge < -0.3 is 34.9 Å². The predicted octanol–water partition coefficient (Wildman–Crippen LogP) is 2.23. The van der Waals surface area contributed by atoms with Crippen molar-refractivity contribution >= 4 is 29.9 Å². The zero-order chi connectivity index (χ0) is 21.1. The van der Waals surface area contributed by atoms with Crippen LogP contribution in [-0.4, -0.2) is 76.1 Å². The number of benzene rings is 1. The van der Waals surface area contributed by atoms with E-state index in [4.69, 9.17) is 14.2 Å². The molecular formula is C21H37IN4O4. The van der Waals surface area contributed by atoms with Gasteiger partial charge in [0.05, 0.1) is 34.0 Å². The van der Waals surface area contributed by atoms with Crippen LogP contribution >= 0.6 is 24.0 Å². The number of hydrogen-bond acceptors (Lipinski definition) is 6. The molecule has 0 saturated carbocycles. The number of ether oxygens (including phenoxy) is 3. The molecule has 1 fully saturated rings. The normalized spacial score (nSPS) is 15.3. The third-order valence-corrected chi connectivity index (χ3v) is 4.99. The van der Waals surface area contributed by atoms with Crippen LogP contribution < -0.4 is 24.8 Å². The molecule has 0 aliphatic carbocycles. The molecule has 0 atom stereocenters. The molecule has 9 heteroatoms. The van der Waals surface area contributed by atoms with Gasteiger partial charge in [-0.05, 0) is 50.4 Å². The average Bonchev–Trinajstić information content (AvgIpc) is 2.75. The SMILES string of the molecule is CCNC(=NCc1cc(OC)c(OC)c(OC)c1)NCCCN1CCC(O)CC1.I. The fourth-order valence-corrected chi connectivity index (χ4v) is 3.39. The number of hydrogen-bond donors (Lipinski definition) is 3. The Hall–Kier alpha value is -1.46. The number of likely N-dealkylation sites (tertiary alicyclic amines) is 1. The summed E-state index contributed by atoms with van der Waals surface area (Å²) in [5.74, 6) is 2.62. The third-order valence-electron chi connectivity index (χ3n) is 4.99. The second kappa shape index (κ2) is 14.5. The fraction of sp³-hybridized carbons (Fsp3) is 0.667. The number of aliphatic imine (C=N–C) groups is 1. The second-order valence-corrected chi connectivity index (χ2v) is 7.08. The fourth-order valence-electron chi connectivity index (χ4n) is 3.39. The molecule has 1 aliphatic heterocycles. The molecule has 0 bridgehead atoms. The quantitative estimate of drug-likeness (QED) is 0.183. The van der Waals surface area contributed by atoms with Crippen LogP contribution in [0.2, 0.25) is 0 Å². The first-order valence-corrected chi connectivity index (χ1v) is 10.3. The van der Waals surface area contributed by atoms with E-state index in [0.29, 0.717) is 23.8 Å². The molecule has 8 nitrogen and oxygen atoms in total. The van der Waals surface area contributed by atoms with Gasteiger partial charge in [-0.2, -0.15) is 0 Å². The third kappa shape index (κ3) is 8.35. The summed E-state index contributed by atoms with van der Waals surface area (Å²) < 4.78 is 16.2. The number of aliphatic hydroxyl groups is 1. The molecule has 30 heavy (non-hydrogen) atoms. The minimum atomic E-state index is -0.118. The number of rotatable bonds is 10. The molecule has 1 aromatic carbocycles. The number of methoxy groups -OCH3 is 3. The maximum Gasteiger partial charge on any atom is 0.203 e. The summed E-state index contributed by atoms with van der Waals surface area (Å²) in [4.78, 5) is 7.09. The topological polar surface area (TPSA) is 87.6 Å². The minimum Gasteiger partial charge on any atom is -0.493 e. The van der Waals surface area contributed by atoms with Crippen LogP contribution in [0.3, 0.4) is 0 Å². The van der Waals surface area contributed by atoms with Crippen molar-refractivity contribution in [2.24, 2.45) is 4.99 Å². The van der Waals surface area contributed by atoms with Crippen molar-refractivity contribution in [3.8, 4) is 17.2 Å². The number of nitrogens with one attached hydrogen (secondary N) is 2. The van der Waals surface area contributed by atoms with Gasteiger partial charge in [0.1, 0.15) is 0 Å². The second-order valence-electron chi connectivity index (χ2n) is 7.08. The Morgan fingerprint density at radius 2 is 1.73 bits per heavy atom. The zero-order valence-corrected chi connectivity index (χ0v) is 20.9. The number of piperidine rings is 1. The molecule has 2 rings (SSSR count). The summed E-state index contributed by atoms with van der Waals surface area (Å²) in [6, 6.07) is 3.83. The van der Waals surface area contributed by atoms with Gasteiger partial charge in [0.15, 0.2) is 17.5 Å². The molecule has 1 heterocycles. The van der Waals surface area contributed by atoms with Crippen molar-refractivity contribution in [2.45, 2.75) is 38.8 Å². The Balaban J connectivity index is 0.00000450. The van der Waals surface area contributed by atoms with Gasteiger partial charge >= 0.3 is 0 Å². The van der Waals surface area contributed by atoms with Gasteiger partial charge in [0.2, 0.25) is 5.75 Å². The Bertz CT molecular complexity index is 627. The smallest absolute Gasteiger partial charge is 0.203 e. The van der Waals surface area contributed by atoms with Gasteiger partial charge in [-0.1, -0.05) is 0 Å². The van der Waals surface area contributed by atoms with E-state index in [9.17, 15) is 5.11 Å². The van der Waals surface area contributed by atoms with Crippen molar-refractivity contribution in [3.63, 3.8) is 0 Å². The Morgan fingerprint density at radius 1 is 1.10 bits per heavy atom. The first kappa shape index (κ1) is 26.6. The van der Waals surface area contributed by atoms with E-state index in [1.54, 1.807) is 21.3 Å². The van der Waals surface area contributed by atoms with Crippen LogP contribution in [0.25, 0.3) is 0 Å². The Morgan fingerprint density at radius 3 is 2.27 bits per heavy atom. The maximum absolute atomic E-state index is 9.59. The van der Waals surface area contributed by atoms with E-state index in [-0.39, 0.29) is 30.1 Å². The molecule has 3 N–H and O–H groups in total. The average molecular weight is 536 g/mol. The highest BCUT2D eigenvalue weighted by atomic mass is 127. The van der Waals surface area contributed by atoms with E-state index in [1.165, 1.54) is 0 Å². The van der Waals surface area contributed by atoms with E-state index in [2.05, 4.69) is 27.4 Å². The molecule has 0 unspecified atom stereocenters. The van der Waals surface area contributed by atoms with E-state index in [0.717, 1.165) is 63.5 Å². The molecule has 0 amide bonds. The first-order valence-electron chi connectivity index (χ1n) is 10.3. The van der Waals surface area contributed by atoms with Gasteiger partial charge in [0.25, 0.3) is 0 Å². The highest BCUT2D eigenvalue weighted by Gasteiger charge is 2.16. The van der Waals surface area contributed by atoms with Gasteiger partial charge in [-0.3, -0.25) is 0 Å². The summed E-state index contributed by atoms with van der Waals surface area (Å²) in [6.45, 7) is 7.19. The predicted molar refractivity (Wildman–Crippen MR) is 131 cm³/mol. The zero-order valence-electron chi connectivity index (χ0n) is 18.6. The van der Waals surface area contributed by atoms with Gasteiger partial charge in [-0.15, -0.1) is 24.0 Å². The lowest BCUT2D eigenvalue weighted by Gasteiger charge is -2.29. The Labute approximate surface area is 197 Å². The molecule has 0 radical (unpaired) electrons. The first-order chi connectivity index (χ1) is 14.1. The number of nitrogens with zero attached hydrogens (tertiary/aromatic N) is 2. The minimum absolute atomic E-state index is 0. The summed E-state index contributed by atoms with van der Waals surface area (Å²) >= 11 is 0. The molecule has 1 aromatic rings. The van der Waals surface area contributed by atoms with Crippen molar-refractivity contribution in [3.05, 3.63) is 17.7 Å². The van der Waals surface area contributed by atoms with Crippen LogP contribution in [0.5, 0.6) is 17.2 Å². The van der Waals surface area contributed by atoms with E-state index < -0.39 is 0 Å². The molecule has 1 aliphatic rings. The van der Waals surface area contributed by atoms with Crippen LogP contribution in [0.1, 0.15) is 31.7 Å². The Kier molecular flexibility index (Phi) is 12.9. The summed E-state index contributed by atoms with van der Waals surface area (Å²) in [5.41, 5.74) is 0.976. The molecule has 172 valence electrons.